The molecule has 0 atom stereocenters. The lowest BCUT2D eigenvalue weighted by molar-refractivity contribution is 0.0744. The fourth-order valence-corrected chi connectivity index (χ4v) is 5.30. The van der Waals surface area contributed by atoms with E-state index in [4.69, 9.17) is 4.74 Å². The molecule has 194 valence electrons. The molecule has 0 N–H and O–H groups in total. The van der Waals surface area contributed by atoms with Gasteiger partial charge in [-0.1, -0.05) is 42.5 Å². The lowest BCUT2D eigenvalue weighted by atomic mass is 10.1. The van der Waals surface area contributed by atoms with Gasteiger partial charge in [0.15, 0.2) is 0 Å². The molecular weight excluding hydrogens is 460 g/mol. The summed E-state index contributed by atoms with van der Waals surface area (Å²) in [5, 5.41) is 0. The van der Waals surface area contributed by atoms with Crippen molar-refractivity contribution in [2.75, 3.05) is 69.2 Å². The van der Waals surface area contributed by atoms with Crippen molar-refractivity contribution in [3.05, 3.63) is 89.0 Å². The predicted octanol–water partition coefficient (Wildman–Crippen LogP) is 4.60. The monoisotopic (exact) mass is 498 g/mol. The molecular formula is C31H38N4O2. The van der Waals surface area contributed by atoms with Crippen LogP contribution in [-0.2, 0) is 6.61 Å². The second-order valence-electron chi connectivity index (χ2n) is 10.2. The van der Waals surface area contributed by atoms with Crippen molar-refractivity contribution in [1.29, 1.82) is 0 Å². The molecule has 0 radical (unpaired) electrons. The highest BCUT2D eigenvalue weighted by Crippen LogP contribution is 2.30. The van der Waals surface area contributed by atoms with E-state index < -0.39 is 0 Å². The Morgan fingerprint density at radius 2 is 1.35 bits per heavy atom. The molecule has 5 rings (SSSR count). The van der Waals surface area contributed by atoms with Crippen LogP contribution in [0.1, 0.15) is 27.0 Å². The molecule has 0 saturated carbocycles. The average Bonchev–Trinajstić information content (AvgIpc) is 2.94. The Morgan fingerprint density at radius 1 is 0.730 bits per heavy atom. The van der Waals surface area contributed by atoms with Crippen molar-refractivity contribution in [1.82, 2.24) is 9.80 Å². The van der Waals surface area contributed by atoms with Gasteiger partial charge in [0, 0.05) is 69.2 Å². The molecule has 0 bridgehead atoms. The van der Waals surface area contributed by atoms with E-state index in [0.29, 0.717) is 19.7 Å². The standard InChI is InChI=1S/C31H38N4O2/c1-24-9-8-13-28(25(24)2)33-19-21-35(22-20-33)31(36)27-11-5-4-10-26(27)23-37-30-14-7-6-12-29(30)34-17-15-32(3)16-18-34/h4-14H,15-23H2,1-3H3. The first-order valence-electron chi connectivity index (χ1n) is 13.3. The number of carbonyl (C=O) groups is 1. The molecule has 2 fully saturated rings. The molecule has 3 aromatic rings. The number of para-hydroxylation sites is 2. The Hall–Kier alpha value is -3.51. The maximum Gasteiger partial charge on any atom is 0.254 e. The molecule has 3 aromatic carbocycles. The van der Waals surface area contributed by atoms with Crippen LogP contribution >= 0.6 is 0 Å². The highest BCUT2D eigenvalue weighted by atomic mass is 16.5. The number of carbonyl (C=O) groups excluding carboxylic acids is 1. The van der Waals surface area contributed by atoms with Gasteiger partial charge in [-0.15, -0.1) is 0 Å². The van der Waals surface area contributed by atoms with Gasteiger partial charge in [-0.25, -0.2) is 0 Å². The van der Waals surface area contributed by atoms with Gasteiger partial charge >= 0.3 is 0 Å². The molecule has 1 amide bonds. The van der Waals surface area contributed by atoms with Crippen molar-refractivity contribution in [2.45, 2.75) is 20.5 Å². The number of piperazine rings is 2. The summed E-state index contributed by atoms with van der Waals surface area (Å²) in [5.74, 6) is 0.962. The highest BCUT2D eigenvalue weighted by molar-refractivity contribution is 5.95. The maximum atomic E-state index is 13.6. The summed E-state index contributed by atoms with van der Waals surface area (Å²) in [4.78, 5) is 22.7. The van der Waals surface area contributed by atoms with Crippen molar-refractivity contribution in [2.24, 2.45) is 0 Å². The van der Waals surface area contributed by atoms with Crippen LogP contribution in [0.15, 0.2) is 66.7 Å². The zero-order valence-corrected chi connectivity index (χ0v) is 22.3. The Bertz CT molecular complexity index is 1230. The zero-order chi connectivity index (χ0) is 25.8. The van der Waals surface area contributed by atoms with Gasteiger partial charge < -0.3 is 24.3 Å². The molecule has 0 aromatic heterocycles. The van der Waals surface area contributed by atoms with Crippen LogP contribution in [-0.4, -0.2) is 75.1 Å². The molecule has 0 aliphatic carbocycles. The molecule has 2 heterocycles. The van der Waals surface area contributed by atoms with Crippen molar-refractivity contribution >= 4 is 17.3 Å². The van der Waals surface area contributed by atoms with Crippen LogP contribution in [0, 0.1) is 13.8 Å². The number of hydrogen-bond donors (Lipinski definition) is 0. The first kappa shape index (κ1) is 25.2. The minimum atomic E-state index is 0.0900. The minimum absolute atomic E-state index is 0.0900. The normalized spacial score (nSPS) is 16.7. The highest BCUT2D eigenvalue weighted by Gasteiger charge is 2.25. The number of anilines is 2. The fourth-order valence-electron chi connectivity index (χ4n) is 5.30. The van der Waals surface area contributed by atoms with E-state index in [9.17, 15) is 4.79 Å². The number of aryl methyl sites for hydroxylation is 1. The lowest BCUT2D eigenvalue weighted by Gasteiger charge is -2.37. The number of nitrogens with zero attached hydrogens (tertiary/aromatic N) is 4. The first-order valence-corrected chi connectivity index (χ1v) is 13.3. The smallest absolute Gasteiger partial charge is 0.254 e. The second kappa shape index (κ2) is 11.3. The summed E-state index contributed by atoms with van der Waals surface area (Å²) in [6.45, 7) is 11.9. The molecule has 2 aliphatic heterocycles. The quantitative estimate of drug-likeness (QED) is 0.497. The third kappa shape index (κ3) is 5.59. The Labute approximate surface area is 221 Å². The fraction of sp³-hybridized carbons (Fsp3) is 0.387. The van der Waals surface area contributed by atoms with E-state index >= 15 is 0 Å². The van der Waals surface area contributed by atoms with Gasteiger partial charge in [-0.2, -0.15) is 0 Å². The minimum Gasteiger partial charge on any atom is -0.487 e. The third-order valence-corrected chi connectivity index (χ3v) is 7.82. The van der Waals surface area contributed by atoms with Crippen LogP contribution in [0.3, 0.4) is 0 Å². The van der Waals surface area contributed by atoms with E-state index in [1.807, 2.05) is 41.3 Å². The molecule has 2 aliphatic rings. The predicted molar refractivity (Wildman–Crippen MR) is 151 cm³/mol. The number of hydrogen-bond acceptors (Lipinski definition) is 5. The Morgan fingerprint density at radius 3 is 2.14 bits per heavy atom. The van der Waals surface area contributed by atoms with Gasteiger partial charge in [-0.05, 0) is 56.3 Å². The van der Waals surface area contributed by atoms with Crippen molar-refractivity contribution < 1.29 is 9.53 Å². The molecule has 0 unspecified atom stereocenters. The number of ether oxygens (including phenoxy) is 1. The number of likely N-dealkylation sites (N-methyl/N-ethyl adjacent to an activating group) is 1. The maximum absolute atomic E-state index is 13.6. The molecule has 37 heavy (non-hydrogen) atoms. The van der Waals surface area contributed by atoms with E-state index in [1.54, 1.807) is 0 Å². The largest absolute Gasteiger partial charge is 0.487 e. The number of benzene rings is 3. The van der Waals surface area contributed by atoms with Gasteiger partial charge in [0.1, 0.15) is 12.4 Å². The van der Waals surface area contributed by atoms with Crippen molar-refractivity contribution in [3.8, 4) is 5.75 Å². The summed E-state index contributed by atoms with van der Waals surface area (Å²) in [5.41, 5.74) is 6.69. The van der Waals surface area contributed by atoms with Crippen LogP contribution in [0.2, 0.25) is 0 Å². The average molecular weight is 499 g/mol. The van der Waals surface area contributed by atoms with E-state index in [-0.39, 0.29) is 5.91 Å². The summed E-state index contributed by atoms with van der Waals surface area (Å²) in [6.07, 6.45) is 0. The van der Waals surface area contributed by atoms with Gasteiger partial charge in [-0.3, -0.25) is 4.79 Å². The van der Waals surface area contributed by atoms with E-state index in [1.165, 1.54) is 16.8 Å². The van der Waals surface area contributed by atoms with Gasteiger partial charge in [0.25, 0.3) is 5.91 Å². The molecule has 6 nitrogen and oxygen atoms in total. The van der Waals surface area contributed by atoms with Crippen LogP contribution in [0.5, 0.6) is 5.75 Å². The second-order valence-corrected chi connectivity index (χ2v) is 10.2. The zero-order valence-electron chi connectivity index (χ0n) is 22.3. The van der Waals surface area contributed by atoms with E-state index in [2.05, 4.69) is 65.9 Å². The number of amides is 1. The van der Waals surface area contributed by atoms with Crippen LogP contribution in [0.25, 0.3) is 0 Å². The molecule has 0 spiro atoms. The van der Waals surface area contributed by atoms with Crippen LogP contribution < -0.4 is 14.5 Å². The van der Waals surface area contributed by atoms with Gasteiger partial charge in [0.05, 0.1) is 5.69 Å². The summed E-state index contributed by atoms with van der Waals surface area (Å²) in [6, 6.07) is 22.6. The summed E-state index contributed by atoms with van der Waals surface area (Å²) >= 11 is 0. The lowest BCUT2D eigenvalue weighted by Crippen LogP contribution is -2.49. The summed E-state index contributed by atoms with van der Waals surface area (Å²) < 4.78 is 6.35. The van der Waals surface area contributed by atoms with Gasteiger partial charge in [0.2, 0.25) is 0 Å². The Kier molecular flexibility index (Phi) is 7.65. The summed E-state index contributed by atoms with van der Waals surface area (Å²) in [7, 11) is 2.16. The Balaban J connectivity index is 1.25. The number of rotatable bonds is 6. The van der Waals surface area contributed by atoms with Crippen LogP contribution in [0.4, 0.5) is 11.4 Å². The molecule has 6 heteroatoms. The first-order chi connectivity index (χ1) is 18.0. The third-order valence-electron chi connectivity index (χ3n) is 7.82. The topological polar surface area (TPSA) is 39.3 Å². The van der Waals surface area contributed by atoms with E-state index in [0.717, 1.165) is 61.8 Å². The molecule has 2 saturated heterocycles. The SMILES string of the molecule is Cc1cccc(N2CCN(C(=O)c3ccccc3COc3ccccc3N3CCN(C)CC3)CC2)c1C. The van der Waals surface area contributed by atoms with Crippen molar-refractivity contribution in [3.63, 3.8) is 0 Å².